The van der Waals surface area contributed by atoms with Gasteiger partial charge >= 0.3 is 0 Å². The van der Waals surface area contributed by atoms with Crippen molar-refractivity contribution in [2.75, 3.05) is 0 Å². The van der Waals surface area contributed by atoms with Crippen LogP contribution in [0, 0.1) is 5.41 Å². The smallest absolute Gasteiger partial charge is 0.0550 e. The summed E-state index contributed by atoms with van der Waals surface area (Å²) in [6, 6.07) is 0. The zero-order valence-electron chi connectivity index (χ0n) is 9.28. The first kappa shape index (κ1) is 11.7. The molecule has 1 nitrogen and oxygen atoms in total. The molecule has 0 radical (unpaired) electrons. The Kier molecular flexibility index (Phi) is 3.95. The highest BCUT2D eigenvalue weighted by molar-refractivity contribution is 5.25. The van der Waals surface area contributed by atoms with Crippen LogP contribution in [0.4, 0.5) is 0 Å². The maximum Gasteiger partial charge on any atom is 0.0550 e. The third kappa shape index (κ3) is 3.38. The van der Waals surface area contributed by atoms with Crippen LogP contribution in [-0.2, 0) is 0 Å². The van der Waals surface area contributed by atoms with E-state index in [0.717, 1.165) is 6.42 Å². The molecule has 0 unspecified atom stereocenters. The van der Waals surface area contributed by atoms with Gasteiger partial charge in [0.1, 0.15) is 0 Å². The maximum atomic E-state index is 4.15. The zero-order chi connectivity index (χ0) is 9.83. The van der Waals surface area contributed by atoms with E-state index in [-0.39, 0.29) is 5.54 Å². The van der Waals surface area contributed by atoms with E-state index < -0.39 is 0 Å². The standard InChI is InChI=1S/C11H23N/c1-7-11(5,8-2)9-10(3,4)12-6/h6-9H2,1-5H3. The van der Waals surface area contributed by atoms with E-state index in [4.69, 9.17) is 0 Å². The zero-order valence-corrected chi connectivity index (χ0v) is 9.28. The Morgan fingerprint density at radius 1 is 1.08 bits per heavy atom. The third-order valence-corrected chi connectivity index (χ3v) is 2.99. The van der Waals surface area contributed by atoms with Crippen LogP contribution in [0.1, 0.15) is 53.9 Å². The summed E-state index contributed by atoms with van der Waals surface area (Å²) in [7, 11) is 0. The summed E-state index contributed by atoms with van der Waals surface area (Å²) in [5, 5.41) is 0. The van der Waals surface area contributed by atoms with Gasteiger partial charge in [-0.1, -0.05) is 33.6 Å². The first-order chi connectivity index (χ1) is 5.39. The number of rotatable bonds is 5. The molecule has 0 amide bonds. The Labute approximate surface area is 77.3 Å². The molecule has 0 aliphatic rings. The monoisotopic (exact) mass is 169 g/mol. The van der Waals surface area contributed by atoms with Crippen molar-refractivity contribution in [3.8, 4) is 0 Å². The van der Waals surface area contributed by atoms with Crippen molar-refractivity contribution in [1.29, 1.82) is 0 Å². The quantitative estimate of drug-likeness (QED) is 0.557. The van der Waals surface area contributed by atoms with Gasteiger partial charge < -0.3 is 0 Å². The van der Waals surface area contributed by atoms with E-state index in [2.05, 4.69) is 46.3 Å². The fourth-order valence-corrected chi connectivity index (χ4v) is 1.60. The summed E-state index contributed by atoms with van der Waals surface area (Å²) >= 11 is 0. The summed E-state index contributed by atoms with van der Waals surface area (Å²) < 4.78 is 0. The fraction of sp³-hybridized carbons (Fsp3) is 0.909. The highest BCUT2D eigenvalue weighted by Gasteiger charge is 2.28. The van der Waals surface area contributed by atoms with Gasteiger partial charge in [-0.2, -0.15) is 0 Å². The van der Waals surface area contributed by atoms with E-state index >= 15 is 0 Å². The van der Waals surface area contributed by atoms with Gasteiger partial charge in [0.05, 0.1) is 5.54 Å². The molecule has 0 bridgehead atoms. The second kappa shape index (κ2) is 4.06. The molecule has 0 aromatic heterocycles. The first-order valence-corrected chi connectivity index (χ1v) is 4.87. The summed E-state index contributed by atoms with van der Waals surface area (Å²) in [6.07, 6.45) is 3.58. The molecule has 0 aliphatic carbocycles. The van der Waals surface area contributed by atoms with Crippen LogP contribution in [0.5, 0.6) is 0 Å². The Balaban J connectivity index is 4.29. The van der Waals surface area contributed by atoms with Crippen molar-refractivity contribution in [1.82, 2.24) is 0 Å². The Bertz CT molecular complexity index is 143. The van der Waals surface area contributed by atoms with Crippen molar-refractivity contribution in [2.24, 2.45) is 10.4 Å². The van der Waals surface area contributed by atoms with Crippen LogP contribution in [0.3, 0.4) is 0 Å². The SMILES string of the molecule is C=NC(C)(C)CC(C)(CC)CC. The molecule has 0 saturated carbocycles. The minimum Gasteiger partial charge on any atom is -0.295 e. The lowest BCUT2D eigenvalue weighted by molar-refractivity contribution is 0.217. The maximum absolute atomic E-state index is 4.15. The minimum atomic E-state index is 0.0424. The van der Waals surface area contributed by atoms with E-state index in [0.29, 0.717) is 5.41 Å². The second-order valence-corrected chi connectivity index (χ2v) is 4.67. The molecule has 0 N–H and O–H groups in total. The first-order valence-electron chi connectivity index (χ1n) is 4.87. The van der Waals surface area contributed by atoms with Gasteiger partial charge in [0.25, 0.3) is 0 Å². The summed E-state index contributed by atoms with van der Waals surface area (Å²) in [5.41, 5.74) is 0.478. The average Bonchev–Trinajstić information content (AvgIpc) is 2.04. The molecule has 0 fully saturated rings. The van der Waals surface area contributed by atoms with Gasteiger partial charge in [0.2, 0.25) is 0 Å². The van der Waals surface area contributed by atoms with E-state index in [1.54, 1.807) is 0 Å². The second-order valence-electron chi connectivity index (χ2n) is 4.67. The fourth-order valence-electron chi connectivity index (χ4n) is 1.60. The van der Waals surface area contributed by atoms with Crippen molar-refractivity contribution in [3.05, 3.63) is 0 Å². The predicted molar refractivity (Wildman–Crippen MR) is 56.9 cm³/mol. The summed E-state index contributed by atoms with van der Waals surface area (Å²) in [5.74, 6) is 0. The lowest BCUT2D eigenvalue weighted by atomic mass is 9.75. The molecule has 0 heterocycles. The van der Waals surface area contributed by atoms with Crippen LogP contribution >= 0.6 is 0 Å². The van der Waals surface area contributed by atoms with Crippen LogP contribution in [-0.4, -0.2) is 12.3 Å². The largest absolute Gasteiger partial charge is 0.295 e. The van der Waals surface area contributed by atoms with Gasteiger partial charge in [-0.25, -0.2) is 0 Å². The minimum absolute atomic E-state index is 0.0424. The van der Waals surface area contributed by atoms with Gasteiger partial charge in [-0.05, 0) is 32.4 Å². The van der Waals surface area contributed by atoms with Crippen molar-refractivity contribution in [3.63, 3.8) is 0 Å². The number of hydrogen-bond acceptors (Lipinski definition) is 1. The molecule has 0 aromatic rings. The normalized spacial score (nSPS) is 13.1. The van der Waals surface area contributed by atoms with Gasteiger partial charge in [0, 0.05) is 0 Å². The highest BCUT2D eigenvalue weighted by Crippen LogP contribution is 2.35. The molecule has 0 atom stereocenters. The number of aliphatic imine (C=N–C) groups is 1. The number of nitrogens with zero attached hydrogens (tertiary/aromatic N) is 1. The van der Waals surface area contributed by atoms with Gasteiger partial charge in [-0.15, -0.1) is 0 Å². The van der Waals surface area contributed by atoms with Gasteiger partial charge in [0.15, 0.2) is 0 Å². The number of hydrogen-bond donors (Lipinski definition) is 0. The third-order valence-electron chi connectivity index (χ3n) is 2.99. The van der Waals surface area contributed by atoms with Crippen LogP contribution < -0.4 is 0 Å². The molecule has 0 aromatic carbocycles. The van der Waals surface area contributed by atoms with Crippen LogP contribution in [0.2, 0.25) is 0 Å². The lowest BCUT2D eigenvalue weighted by Crippen LogP contribution is -2.27. The van der Waals surface area contributed by atoms with E-state index in [1.165, 1.54) is 12.8 Å². The molecule has 72 valence electrons. The molecule has 0 rings (SSSR count). The van der Waals surface area contributed by atoms with Crippen molar-refractivity contribution >= 4 is 6.72 Å². The van der Waals surface area contributed by atoms with Crippen LogP contribution in [0.25, 0.3) is 0 Å². The van der Waals surface area contributed by atoms with Gasteiger partial charge in [-0.3, -0.25) is 4.99 Å². The Morgan fingerprint density at radius 3 is 1.75 bits per heavy atom. The molecule has 12 heavy (non-hydrogen) atoms. The predicted octanol–water partition coefficient (Wildman–Crippen LogP) is 3.68. The Hall–Kier alpha value is -0.330. The topological polar surface area (TPSA) is 12.4 Å². The van der Waals surface area contributed by atoms with Crippen molar-refractivity contribution in [2.45, 2.75) is 59.4 Å². The molecule has 0 spiro atoms. The molecular formula is C11H23N. The summed E-state index contributed by atoms with van der Waals surface area (Å²) in [4.78, 5) is 4.15. The van der Waals surface area contributed by atoms with E-state index in [1.807, 2.05) is 0 Å². The molecule has 0 saturated heterocycles. The van der Waals surface area contributed by atoms with Crippen LogP contribution in [0.15, 0.2) is 4.99 Å². The lowest BCUT2D eigenvalue weighted by Gasteiger charge is -2.33. The average molecular weight is 169 g/mol. The van der Waals surface area contributed by atoms with E-state index in [9.17, 15) is 0 Å². The molecule has 1 heteroatoms. The molecule has 0 aliphatic heterocycles. The van der Waals surface area contributed by atoms with Crippen molar-refractivity contribution < 1.29 is 0 Å². The molecular weight excluding hydrogens is 146 g/mol. The Morgan fingerprint density at radius 2 is 1.50 bits per heavy atom. The highest BCUT2D eigenvalue weighted by atomic mass is 14.8. The summed E-state index contributed by atoms with van der Waals surface area (Å²) in [6.45, 7) is 14.8.